The fraction of sp³-hybridized carbons (Fsp3) is 0.0833. The van der Waals surface area contributed by atoms with Crippen molar-refractivity contribution in [1.82, 2.24) is 0 Å². The molecule has 0 aliphatic carbocycles. The van der Waals surface area contributed by atoms with Crippen LogP contribution >= 0.6 is 15.9 Å². The molecule has 0 aliphatic heterocycles. The van der Waals surface area contributed by atoms with Crippen LogP contribution in [0.25, 0.3) is 0 Å². The molecule has 1 N–H and O–H groups in total. The fourth-order valence-corrected chi connectivity index (χ4v) is 1.86. The second-order valence-corrected chi connectivity index (χ2v) is 4.44. The molecule has 0 fully saturated rings. The van der Waals surface area contributed by atoms with Gasteiger partial charge >= 0.3 is 0 Å². The lowest BCUT2D eigenvalue weighted by atomic mass is 10.1. The van der Waals surface area contributed by atoms with Crippen molar-refractivity contribution >= 4 is 27.3 Å². The number of nitro groups is 1. The summed E-state index contributed by atoms with van der Waals surface area (Å²) in [6.07, 6.45) is 0. The van der Waals surface area contributed by atoms with E-state index in [1.54, 1.807) is 12.1 Å². The number of hydrogen-bond acceptors (Lipinski definition) is 5. The number of halogens is 1. The summed E-state index contributed by atoms with van der Waals surface area (Å²) in [4.78, 5) is 10.1. The van der Waals surface area contributed by atoms with E-state index < -0.39 is 4.92 Å². The number of nitro benzene ring substituents is 1. The average molecular weight is 322 g/mol. The summed E-state index contributed by atoms with van der Waals surface area (Å²) in [6.45, 7) is 0.387. The Balaban J connectivity index is 2.16. The van der Waals surface area contributed by atoms with Crippen molar-refractivity contribution in [3.63, 3.8) is 0 Å². The first-order valence-electron chi connectivity index (χ1n) is 5.27. The lowest BCUT2D eigenvalue weighted by Crippen LogP contribution is -2.01. The Morgan fingerprint density at radius 2 is 2.21 bits per heavy atom. The Morgan fingerprint density at radius 3 is 2.79 bits per heavy atom. The first-order chi connectivity index (χ1) is 9.10. The molecule has 7 heteroatoms. The number of hydrogen-bond donors (Lipinski definition) is 1. The topological polar surface area (TPSA) is 92.1 Å². The summed E-state index contributed by atoms with van der Waals surface area (Å²) in [7, 11) is 0. The first kappa shape index (κ1) is 13.1. The Hall–Kier alpha value is -2.33. The third-order valence-corrected chi connectivity index (χ3v) is 2.84. The number of nitrogens with zero attached hydrogens (tertiary/aromatic N) is 2. The third kappa shape index (κ3) is 3.11. The van der Waals surface area contributed by atoms with Crippen LogP contribution in [0.15, 0.2) is 39.4 Å². The van der Waals surface area contributed by atoms with Crippen LogP contribution in [-0.2, 0) is 6.54 Å². The van der Waals surface area contributed by atoms with Gasteiger partial charge in [0.05, 0.1) is 22.7 Å². The maximum atomic E-state index is 10.6. The predicted molar refractivity (Wildman–Crippen MR) is 71.5 cm³/mol. The number of nitrogens with one attached hydrogen (secondary N) is 1. The largest absolute Gasteiger partial charge is 0.452 e. The molecule has 2 rings (SSSR count). The zero-order valence-corrected chi connectivity index (χ0v) is 11.2. The van der Waals surface area contributed by atoms with E-state index in [-0.39, 0.29) is 11.3 Å². The van der Waals surface area contributed by atoms with Gasteiger partial charge in [0.1, 0.15) is 11.8 Å². The Kier molecular flexibility index (Phi) is 3.82. The molecule has 0 amide bonds. The van der Waals surface area contributed by atoms with Gasteiger partial charge in [0.2, 0.25) is 0 Å². The fourth-order valence-electron chi connectivity index (χ4n) is 1.52. The van der Waals surface area contributed by atoms with Gasteiger partial charge in [0, 0.05) is 12.1 Å². The number of anilines is 1. The van der Waals surface area contributed by atoms with E-state index in [0.717, 1.165) is 0 Å². The van der Waals surface area contributed by atoms with Gasteiger partial charge in [0.25, 0.3) is 5.69 Å². The average Bonchev–Trinajstić information content (AvgIpc) is 2.81. The van der Waals surface area contributed by atoms with E-state index in [4.69, 9.17) is 9.68 Å². The number of furan rings is 1. The van der Waals surface area contributed by atoms with E-state index in [1.165, 1.54) is 18.2 Å². The van der Waals surface area contributed by atoms with Crippen molar-refractivity contribution in [2.24, 2.45) is 0 Å². The molecule has 0 saturated heterocycles. The molecule has 0 unspecified atom stereocenters. The molecule has 0 aliphatic rings. The van der Waals surface area contributed by atoms with Crippen molar-refractivity contribution in [1.29, 1.82) is 5.26 Å². The summed E-state index contributed by atoms with van der Waals surface area (Å²) < 4.78 is 5.92. The van der Waals surface area contributed by atoms with Gasteiger partial charge in [-0.15, -0.1) is 0 Å². The van der Waals surface area contributed by atoms with Gasteiger partial charge in [-0.2, -0.15) is 5.26 Å². The number of non-ortho nitro benzene ring substituents is 1. The Bertz CT molecular complexity index is 660. The summed E-state index contributed by atoms with van der Waals surface area (Å²) in [5, 5.41) is 22.6. The van der Waals surface area contributed by atoms with Gasteiger partial charge < -0.3 is 9.73 Å². The highest BCUT2D eigenvalue weighted by molar-refractivity contribution is 9.10. The van der Waals surface area contributed by atoms with Crippen molar-refractivity contribution in [3.05, 3.63) is 56.4 Å². The molecule has 6 nitrogen and oxygen atoms in total. The van der Waals surface area contributed by atoms with Gasteiger partial charge in [0.15, 0.2) is 4.67 Å². The quantitative estimate of drug-likeness (QED) is 0.687. The minimum Gasteiger partial charge on any atom is -0.452 e. The normalized spacial score (nSPS) is 9.89. The lowest BCUT2D eigenvalue weighted by Gasteiger charge is -2.06. The highest BCUT2D eigenvalue weighted by atomic mass is 79.9. The van der Waals surface area contributed by atoms with Crippen molar-refractivity contribution in [3.8, 4) is 6.07 Å². The van der Waals surface area contributed by atoms with Crippen molar-refractivity contribution in [2.75, 3.05) is 5.32 Å². The smallest absolute Gasteiger partial charge is 0.270 e. The van der Waals surface area contributed by atoms with Crippen LogP contribution in [0.1, 0.15) is 11.3 Å². The van der Waals surface area contributed by atoms with E-state index in [2.05, 4.69) is 21.2 Å². The summed E-state index contributed by atoms with van der Waals surface area (Å²) >= 11 is 3.19. The highest BCUT2D eigenvalue weighted by Crippen LogP contribution is 2.22. The number of benzene rings is 1. The highest BCUT2D eigenvalue weighted by Gasteiger charge is 2.10. The predicted octanol–water partition coefficient (Wildman–Crippen LogP) is 3.43. The molecular formula is C12H8BrN3O3. The molecule has 96 valence electrons. The monoisotopic (exact) mass is 321 g/mol. The van der Waals surface area contributed by atoms with Gasteiger partial charge in [-0.3, -0.25) is 10.1 Å². The van der Waals surface area contributed by atoms with Crippen LogP contribution in [0, 0.1) is 21.4 Å². The Morgan fingerprint density at radius 1 is 1.42 bits per heavy atom. The SMILES string of the molecule is N#Cc1cc([N+](=O)[O-])ccc1NCc1ccc(Br)o1. The van der Waals surface area contributed by atoms with E-state index in [9.17, 15) is 10.1 Å². The summed E-state index contributed by atoms with van der Waals surface area (Å²) in [6, 6.07) is 9.57. The van der Waals surface area contributed by atoms with E-state index >= 15 is 0 Å². The van der Waals surface area contributed by atoms with Crippen LogP contribution in [0.4, 0.5) is 11.4 Å². The molecule has 0 atom stereocenters. The molecule has 1 heterocycles. The molecule has 0 bridgehead atoms. The van der Waals surface area contributed by atoms with Gasteiger partial charge in [-0.05, 0) is 34.1 Å². The molecule has 1 aromatic heterocycles. The second kappa shape index (κ2) is 5.54. The zero-order valence-electron chi connectivity index (χ0n) is 9.59. The van der Waals surface area contributed by atoms with Gasteiger partial charge in [-0.1, -0.05) is 0 Å². The molecule has 0 saturated carbocycles. The van der Waals surface area contributed by atoms with E-state index in [1.807, 2.05) is 6.07 Å². The van der Waals surface area contributed by atoms with Crippen LogP contribution in [0.2, 0.25) is 0 Å². The molecule has 1 aromatic carbocycles. The maximum Gasteiger partial charge on any atom is 0.270 e. The van der Waals surface area contributed by atoms with Gasteiger partial charge in [-0.25, -0.2) is 0 Å². The molecule has 0 radical (unpaired) electrons. The molecular weight excluding hydrogens is 314 g/mol. The number of rotatable bonds is 4. The van der Waals surface area contributed by atoms with Crippen LogP contribution in [0.5, 0.6) is 0 Å². The molecule has 2 aromatic rings. The van der Waals surface area contributed by atoms with Crippen molar-refractivity contribution < 1.29 is 9.34 Å². The van der Waals surface area contributed by atoms with Crippen LogP contribution in [0.3, 0.4) is 0 Å². The van der Waals surface area contributed by atoms with E-state index in [0.29, 0.717) is 22.7 Å². The zero-order chi connectivity index (χ0) is 13.8. The second-order valence-electron chi connectivity index (χ2n) is 3.66. The minimum absolute atomic E-state index is 0.108. The summed E-state index contributed by atoms with van der Waals surface area (Å²) in [5.74, 6) is 0.689. The first-order valence-corrected chi connectivity index (χ1v) is 6.06. The number of nitriles is 1. The standard InChI is InChI=1S/C12H8BrN3O3/c13-12-4-2-10(19-12)7-15-11-3-1-9(16(17)18)5-8(11)6-14/h1-5,15H,7H2. The van der Waals surface area contributed by atoms with Crippen molar-refractivity contribution in [2.45, 2.75) is 6.54 Å². The maximum absolute atomic E-state index is 10.6. The Labute approximate surface area is 116 Å². The summed E-state index contributed by atoms with van der Waals surface area (Å²) in [5.41, 5.74) is 0.642. The van der Waals surface area contributed by atoms with Crippen LogP contribution in [-0.4, -0.2) is 4.92 Å². The molecule has 0 spiro atoms. The molecule has 19 heavy (non-hydrogen) atoms. The lowest BCUT2D eigenvalue weighted by molar-refractivity contribution is -0.384. The third-order valence-electron chi connectivity index (χ3n) is 2.42. The minimum atomic E-state index is -0.533. The van der Waals surface area contributed by atoms with Crippen LogP contribution < -0.4 is 5.32 Å².